The van der Waals surface area contributed by atoms with Crippen LogP contribution in [0.15, 0.2) is 23.4 Å². The minimum absolute atomic E-state index is 0.271. The summed E-state index contributed by atoms with van der Waals surface area (Å²) in [5.41, 5.74) is 2.07. The average molecular weight is 374 g/mol. The molecule has 0 aliphatic carbocycles. The van der Waals surface area contributed by atoms with Crippen molar-refractivity contribution >= 4 is 28.1 Å². The number of hydrogen-bond donors (Lipinski definition) is 1. The Morgan fingerprint density at radius 1 is 1.35 bits per heavy atom. The number of benzene rings is 1. The number of amides is 1. The van der Waals surface area contributed by atoms with Crippen molar-refractivity contribution in [2.45, 2.75) is 46.1 Å². The molecule has 0 spiro atoms. The number of rotatable bonds is 6. The lowest BCUT2D eigenvalue weighted by atomic mass is 10.00. The van der Waals surface area contributed by atoms with Crippen LogP contribution in [0.2, 0.25) is 0 Å². The lowest BCUT2D eigenvalue weighted by molar-refractivity contribution is -0.135. The quantitative estimate of drug-likeness (QED) is 0.839. The Balaban J connectivity index is 1.52. The molecule has 1 atom stereocenters. The van der Waals surface area contributed by atoms with Crippen LogP contribution in [-0.4, -0.2) is 34.0 Å². The molecule has 2 heterocycles. The molecule has 1 aromatic carbocycles. The van der Waals surface area contributed by atoms with Gasteiger partial charge in [-0.25, -0.2) is 0 Å². The van der Waals surface area contributed by atoms with Gasteiger partial charge in [-0.1, -0.05) is 28.6 Å². The predicted molar refractivity (Wildman–Crippen MR) is 101 cm³/mol. The normalized spacial score (nSPS) is 19.0. The summed E-state index contributed by atoms with van der Waals surface area (Å²) in [6, 6.07) is 6.12. The molecule has 1 N–H and O–H groups in total. The third kappa shape index (κ3) is 4.19. The van der Waals surface area contributed by atoms with Crippen LogP contribution in [0.5, 0.6) is 5.75 Å². The van der Waals surface area contributed by atoms with Gasteiger partial charge in [0.15, 0.2) is 0 Å². The predicted octanol–water partition coefficient (Wildman–Crippen LogP) is 3.27. The van der Waals surface area contributed by atoms with Gasteiger partial charge in [0.1, 0.15) is 10.8 Å². The molecule has 1 aromatic heterocycles. The van der Waals surface area contributed by atoms with Gasteiger partial charge in [-0.3, -0.25) is 10.1 Å². The molecule has 7 nitrogen and oxygen atoms in total. The minimum Gasteiger partial charge on any atom is -0.493 e. The Morgan fingerprint density at radius 3 is 2.88 bits per heavy atom. The van der Waals surface area contributed by atoms with E-state index in [1.54, 1.807) is 6.92 Å². The third-order valence-corrected chi connectivity index (χ3v) is 4.98. The molecule has 8 heteroatoms. The van der Waals surface area contributed by atoms with E-state index in [4.69, 9.17) is 9.57 Å². The molecule has 0 saturated carbocycles. The van der Waals surface area contributed by atoms with Gasteiger partial charge < -0.3 is 9.57 Å². The van der Waals surface area contributed by atoms with Crippen molar-refractivity contribution in [1.29, 1.82) is 0 Å². The summed E-state index contributed by atoms with van der Waals surface area (Å²) in [6.07, 6.45) is 1.09. The van der Waals surface area contributed by atoms with E-state index in [-0.39, 0.29) is 5.91 Å². The van der Waals surface area contributed by atoms with Gasteiger partial charge in [-0.05, 0) is 44.9 Å². The van der Waals surface area contributed by atoms with Crippen LogP contribution < -0.4 is 10.1 Å². The van der Waals surface area contributed by atoms with E-state index in [1.807, 2.05) is 32.9 Å². The first-order valence-electron chi connectivity index (χ1n) is 8.41. The first-order valence-corrected chi connectivity index (χ1v) is 9.23. The molecule has 3 rings (SSSR count). The summed E-state index contributed by atoms with van der Waals surface area (Å²) in [4.78, 5) is 17.6. The molecule has 0 radical (unpaired) electrons. The molecule has 0 saturated heterocycles. The highest BCUT2D eigenvalue weighted by Crippen LogP contribution is 2.26. The molecular formula is C18H22N4O3S. The lowest BCUT2D eigenvalue weighted by Gasteiger charge is -2.18. The molecule has 0 fully saturated rings. The molecule has 26 heavy (non-hydrogen) atoms. The Bertz CT molecular complexity index is 849. The molecule has 2 aromatic rings. The maximum absolute atomic E-state index is 12.4. The molecule has 1 unspecified atom stereocenters. The summed E-state index contributed by atoms with van der Waals surface area (Å²) >= 11 is 1.33. The average Bonchev–Trinajstić information content (AvgIpc) is 3.18. The van der Waals surface area contributed by atoms with Crippen molar-refractivity contribution < 1.29 is 14.4 Å². The first-order chi connectivity index (χ1) is 12.4. The van der Waals surface area contributed by atoms with Crippen molar-refractivity contribution in [2.24, 2.45) is 5.16 Å². The van der Waals surface area contributed by atoms with Crippen molar-refractivity contribution in [3.05, 3.63) is 34.3 Å². The van der Waals surface area contributed by atoms with Crippen molar-refractivity contribution in [2.75, 3.05) is 11.9 Å². The topological polar surface area (TPSA) is 85.7 Å². The Labute approximate surface area is 156 Å². The van der Waals surface area contributed by atoms with Gasteiger partial charge in [0, 0.05) is 12.8 Å². The number of carbonyl (C=O) groups excluding carboxylic acids is 1. The van der Waals surface area contributed by atoms with Crippen LogP contribution in [0.3, 0.4) is 0 Å². The van der Waals surface area contributed by atoms with Crippen molar-refractivity contribution in [3.8, 4) is 5.75 Å². The summed E-state index contributed by atoms with van der Waals surface area (Å²) in [6.45, 7) is 8.10. The third-order valence-electron chi connectivity index (χ3n) is 4.08. The zero-order valence-electron chi connectivity index (χ0n) is 15.3. The highest BCUT2D eigenvalue weighted by atomic mass is 32.1. The summed E-state index contributed by atoms with van der Waals surface area (Å²) in [7, 11) is 0. The second-order valence-electron chi connectivity index (χ2n) is 6.65. The summed E-state index contributed by atoms with van der Waals surface area (Å²) in [5, 5.41) is 16.0. The van der Waals surface area contributed by atoms with E-state index in [0.29, 0.717) is 24.6 Å². The molecule has 1 amide bonds. The Kier molecular flexibility index (Phi) is 5.22. The van der Waals surface area contributed by atoms with E-state index in [1.165, 1.54) is 11.3 Å². The van der Waals surface area contributed by atoms with Crippen LogP contribution in [0, 0.1) is 13.8 Å². The van der Waals surface area contributed by atoms with Crippen LogP contribution in [0.4, 0.5) is 5.13 Å². The second-order valence-corrected chi connectivity index (χ2v) is 7.71. The standard InChI is InChI=1S/C18H22N4O3S/c1-11-5-6-12(2)14(9-11)24-8-7-15-20-21-17(26-15)19-16(23)18(4)10-13(3)22-25-18/h5-6,9H,7-8,10H2,1-4H3,(H,19,21,23). The first kappa shape index (κ1) is 18.3. The van der Waals surface area contributed by atoms with Crippen molar-refractivity contribution in [1.82, 2.24) is 10.2 Å². The second kappa shape index (κ2) is 7.41. The number of aromatic nitrogens is 2. The van der Waals surface area contributed by atoms with Gasteiger partial charge in [-0.2, -0.15) is 0 Å². The molecular weight excluding hydrogens is 352 g/mol. The molecule has 0 bridgehead atoms. The number of ether oxygens (including phenoxy) is 1. The maximum Gasteiger partial charge on any atom is 0.273 e. The number of oxime groups is 1. The molecule has 1 aliphatic rings. The monoisotopic (exact) mass is 374 g/mol. The van der Waals surface area contributed by atoms with E-state index in [2.05, 4.69) is 26.7 Å². The highest BCUT2D eigenvalue weighted by molar-refractivity contribution is 7.15. The number of nitrogens with one attached hydrogen (secondary N) is 1. The molecule has 138 valence electrons. The van der Waals surface area contributed by atoms with E-state index in [9.17, 15) is 4.79 Å². The van der Waals surface area contributed by atoms with Gasteiger partial charge in [0.05, 0.1) is 12.3 Å². The fourth-order valence-corrected chi connectivity index (χ4v) is 3.31. The molecule has 1 aliphatic heterocycles. The minimum atomic E-state index is -0.984. The van der Waals surface area contributed by atoms with Crippen LogP contribution in [0.1, 0.15) is 36.4 Å². The van der Waals surface area contributed by atoms with Crippen LogP contribution >= 0.6 is 11.3 Å². The SMILES string of the molecule is CC1=NOC(C)(C(=O)Nc2nnc(CCOc3cc(C)ccc3C)s2)C1. The Morgan fingerprint density at radius 2 is 2.15 bits per heavy atom. The zero-order valence-corrected chi connectivity index (χ0v) is 16.1. The van der Waals surface area contributed by atoms with Gasteiger partial charge >= 0.3 is 0 Å². The summed E-state index contributed by atoms with van der Waals surface area (Å²) in [5.74, 6) is 0.608. The van der Waals surface area contributed by atoms with Crippen molar-refractivity contribution in [3.63, 3.8) is 0 Å². The van der Waals surface area contributed by atoms with E-state index >= 15 is 0 Å². The van der Waals surface area contributed by atoms with Crippen LogP contribution in [0.25, 0.3) is 0 Å². The van der Waals surface area contributed by atoms with Crippen LogP contribution in [-0.2, 0) is 16.1 Å². The van der Waals surface area contributed by atoms with E-state index < -0.39 is 5.60 Å². The number of aryl methyl sites for hydroxylation is 2. The number of carbonyl (C=O) groups is 1. The number of nitrogens with zero attached hydrogens (tertiary/aromatic N) is 3. The fourth-order valence-electron chi connectivity index (χ4n) is 2.60. The lowest BCUT2D eigenvalue weighted by Crippen LogP contribution is -2.40. The number of hydrogen-bond acceptors (Lipinski definition) is 7. The summed E-state index contributed by atoms with van der Waals surface area (Å²) < 4.78 is 5.84. The highest BCUT2D eigenvalue weighted by Gasteiger charge is 2.41. The van der Waals surface area contributed by atoms with Gasteiger partial charge in [0.2, 0.25) is 10.7 Å². The van der Waals surface area contributed by atoms with E-state index in [0.717, 1.165) is 27.6 Å². The van der Waals surface area contributed by atoms with Gasteiger partial charge in [0.25, 0.3) is 5.91 Å². The number of anilines is 1. The smallest absolute Gasteiger partial charge is 0.273 e. The van der Waals surface area contributed by atoms with Gasteiger partial charge in [-0.15, -0.1) is 10.2 Å². The maximum atomic E-state index is 12.4. The Hall–Kier alpha value is -2.48. The zero-order chi connectivity index (χ0) is 18.7. The fraction of sp³-hybridized carbons (Fsp3) is 0.444. The largest absolute Gasteiger partial charge is 0.493 e.